The molecule has 2 amide bonds. The zero-order valence-electron chi connectivity index (χ0n) is 15.6. The predicted molar refractivity (Wildman–Crippen MR) is 106 cm³/mol. The molecule has 7 heteroatoms. The van der Waals surface area contributed by atoms with Gasteiger partial charge in [-0.15, -0.1) is 0 Å². The molecule has 1 aliphatic carbocycles. The van der Waals surface area contributed by atoms with Crippen LogP contribution >= 0.6 is 11.8 Å². The number of anilines is 1. The minimum atomic E-state index is -0.771. The van der Waals surface area contributed by atoms with Crippen molar-refractivity contribution in [3.8, 4) is 0 Å². The SMILES string of the molecule is Cc1c(NC(=O)C2CCC(C(=O)O)CC2)cccc1C(=O)N1CCSCC1. The molecule has 2 N–H and O–H groups in total. The quantitative estimate of drug-likeness (QED) is 0.825. The summed E-state index contributed by atoms with van der Waals surface area (Å²) in [5.74, 6) is 0.581. The fourth-order valence-electron chi connectivity index (χ4n) is 3.78. The molecule has 0 unspecified atom stereocenters. The number of carboxylic acids is 1. The molecule has 1 aliphatic heterocycles. The Morgan fingerprint density at radius 3 is 2.33 bits per heavy atom. The van der Waals surface area contributed by atoms with Gasteiger partial charge in [0.2, 0.25) is 5.91 Å². The summed E-state index contributed by atoms with van der Waals surface area (Å²) in [7, 11) is 0. The highest BCUT2D eigenvalue weighted by Crippen LogP contribution is 2.30. The Morgan fingerprint density at radius 1 is 1.07 bits per heavy atom. The maximum absolute atomic E-state index is 12.8. The van der Waals surface area contributed by atoms with Crippen LogP contribution in [0.15, 0.2) is 18.2 Å². The van der Waals surface area contributed by atoms with Crippen molar-refractivity contribution in [1.82, 2.24) is 4.90 Å². The van der Waals surface area contributed by atoms with Gasteiger partial charge in [-0.1, -0.05) is 6.07 Å². The van der Waals surface area contributed by atoms with Crippen LogP contribution < -0.4 is 5.32 Å². The molecule has 0 radical (unpaired) electrons. The third kappa shape index (κ3) is 4.64. The third-order valence-electron chi connectivity index (χ3n) is 5.57. The van der Waals surface area contributed by atoms with E-state index >= 15 is 0 Å². The van der Waals surface area contributed by atoms with Crippen molar-refractivity contribution >= 4 is 35.2 Å². The van der Waals surface area contributed by atoms with E-state index in [4.69, 9.17) is 5.11 Å². The Morgan fingerprint density at radius 2 is 1.70 bits per heavy atom. The maximum atomic E-state index is 12.8. The Labute approximate surface area is 163 Å². The number of carbonyl (C=O) groups is 3. The Bertz CT molecular complexity index is 723. The Hall–Kier alpha value is -2.02. The van der Waals surface area contributed by atoms with Gasteiger partial charge >= 0.3 is 5.97 Å². The smallest absolute Gasteiger partial charge is 0.306 e. The summed E-state index contributed by atoms with van der Waals surface area (Å²) in [6.45, 7) is 3.38. The van der Waals surface area contributed by atoms with Gasteiger partial charge in [-0.25, -0.2) is 0 Å². The van der Waals surface area contributed by atoms with Gasteiger partial charge in [0, 0.05) is 41.8 Å². The van der Waals surface area contributed by atoms with E-state index in [1.165, 1.54) is 0 Å². The highest BCUT2D eigenvalue weighted by Gasteiger charge is 2.30. The second-order valence-electron chi connectivity index (χ2n) is 7.26. The fraction of sp³-hybridized carbons (Fsp3) is 0.550. The first-order valence-corrected chi connectivity index (χ1v) is 10.6. The molecular weight excluding hydrogens is 364 g/mol. The number of carboxylic acid groups (broad SMARTS) is 1. The summed E-state index contributed by atoms with van der Waals surface area (Å²) in [4.78, 5) is 38.4. The summed E-state index contributed by atoms with van der Waals surface area (Å²) in [5.41, 5.74) is 2.08. The molecule has 2 aliphatic rings. The van der Waals surface area contributed by atoms with E-state index in [2.05, 4.69) is 5.32 Å². The van der Waals surface area contributed by atoms with Crippen LogP contribution in [0.25, 0.3) is 0 Å². The number of benzene rings is 1. The minimum absolute atomic E-state index is 0.0193. The number of hydrogen-bond donors (Lipinski definition) is 2. The van der Waals surface area contributed by atoms with Crippen molar-refractivity contribution in [3.05, 3.63) is 29.3 Å². The molecule has 0 aromatic heterocycles. The standard InChI is InChI=1S/C20H26N2O4S/c1-13-16(19(24)22-9-11-27-12-10-22)3-2-4-17(13)21-18(23)14-5-7-15(8-6-14)20(25)26/h2-4,14-15H,5-12H2,1H3,(H,21,23)(H,25,26). The van der Waals surface area contributed by atoms with E-state index in [0.717, 1.165) is 30.2 Å². The molecule has 6 nitrogen and oxygen atoms in total. The molecule has 0 atom stereocenters. The second kappa shape index (κ2) is 8.78. The lowest BCUT2D eigenvalue weighted by Crippen LogP contribution is -2.38. The lowest BCUT2D eigenvalue weighted by molar-refractivity contribution is -0.143. The van der Waals surface area contributed by atoms with Gasteiger partial charge in [0.1, 0.15) is 0 Å². The number of hydrogen-bond acceptors (Lipinski definition) is 4. The van der Waals surface area contributed by atoms with E-state index in [1.807, 2.05) is 35.7 Å². The summed E-state index contributed by atoms with van der Waals surface area (Å²) < 4.78 is 0. The number of nitrogens with one attached hydrogen (secondary N) is 1. The first-order chi connectivity index (χ1) is 13.0. The van der Waals surface area contributed by atoms with Gasteiger partial charge in [-0.05, 0) is 50.3 Å². The highest BCUT2D eigenvalue weighted by atomic mass is 32.2. The maximum Gasteiger partial charge on any atom is 0.306 e. The van der Waals surface area contributed by atoms with Gasteiger partial charge in [-0.3, -0.25) is 14.4 Å². The number of amides is 2. The van der Waals surface area contributed by atoms with Crippen LogP contribution in [0.3, 0.4) is 0 Å². The summed E-state index contributed by atoms with van der Waals surface area (Å²) in [6, 6.07) is 5.43. The summed E-state index contributed by atoms with van der Waals surface area (Å²) >= 11 is 1.86. The van der Waals surface area contributed by atoms with Crippen LogP contribution in [0.5, 0.6) is 0 Å². The molecular formula is C20H26N2O4S. The van der Waals surface area contributed by atoms with Gasteiger partial charge < -0.3 is 15.3 Å². The van der Waals surface area contributed by atoms with Crippen molar-refractivity contribution in [2.24, 2.45) is 11.8 Å². The number of nitrogens with zero attached hydrogens (tertiary/aromatic N) is 1. The normalized spacial score (nSPS) is 22.9. The molecule has 1 heterocycles. The van der Waals surface area contributed by atoms with Crippen LogP contribution in [-0.2, 0) is 9.59 Å². The fourth-order valence-corrected chi connectivity index (χ4v) is 4.68. The first-order valence-electron chi connectivity index (χ1n) is 9.47. The Kier molecular flexibility index (Phi) is 6.42. The third-order valence-corrected chi connectivity index (χ3v) is 6.51. The van der Waals surface area contributed by atoms with Crippen molar-refractivity contribution in [2.75, 3.05) is 29.9 Å². The topological polar surface area (TPSA) is 86.7 Å². The van der Waals surface area contributed by atoms with E-state index in [9.17, 15) is 14.4 Å². The molecule has 0 bridgehead atoms. The van der Waals surface area contributed by atoms with Gasteiger partial charge in [-0.2, -0.15) is 11.8 Å². The van der Waals surface area contributed by atoms with Crippen molar-refractivity contribution < 1.29 is 19.5 Å². The Balaban J connectivity index is 1.66. The number of aliphatic carboxylic acids is 1. The largest absolute Gasteiger partial charge is 0.481 e. The molecule has 3 rings (SSSR count). The van der Waals surface area contributed by atoms with Gasteiger partial charge in [0.25, 0.3) is 5.91 Å². The zero-order valence-corrected chi connectivity index (χ0v) is 16.4. The van der Waals surface area contributed by atoms with Crippen LogP contribution in [-0.4, -0.2) is 52.4 Å². The average molecular weight is 391 g/mol. The summed E-state index contributed by atoms with van der Waals surface area (Å²) in [6.07, 6.45) is 2.26. The van der Waals surface area contributed by atoms with Crippen LogP contribution in [0.2, 0.25) is 0 Å². The number of thioether (sulfide) groups is 1. The van der Waals surface area contributed by atoms with Gasteiger partial charge in [0.05, 0.1) is 5.92 Å². The van der Waals surface area contributed by atoms with E-state index in [0.29, 0.717) is 36.9 Å². The number of carbonyl (C=O) groups excluding carboxylic acids is 2. The molecule has 0 spiro atoms. The van der Waals surface area contributed by atoms with E-state index in [-0.39, 0.29) is 23.7 Å². The number of rotatable bonds is 4. The molecule has 2 fully saturated rings. The van der Waals surface area contributed by atoms with Crippen molar-refractivity contribution in [2.45, 2.75) is 32.6 Å². The van der Waals surface area contributed by atoms with Crippen LogP contribution in [0.4, 0.5) is 5.69 Å². The van der Waals surface area contributed by atoms with E-state index < -0.39 is 5.97 Å². The van der Waals surface area contributed by atoms with Crippen molar-refractivity contribution in [3.63, 3.8) is 0 Å². The monoisotopic (exact) mass is 390 g/mol. The highest BCUT2D eigenvalue weighted by molar-refractivity contribution is 7.99. The lowest BCUT2D eigenvalue weighted by atomic mass is 9.81. The molecule has 146 valence electrons. The van der Waals surface area contributed by atoms with Crippen molar-refractivity contribution in [1.29, 1.82) is 0 Å². The molecule has 1 aromatic rings. The molecule has 1 saturated carbocycles. The average Bonchev–Trinajstić information content (AvgIpc) is 2.69. The lowest BCUT2D eigenvalue weighted by Gasteiger charge is -2.28. The molecule has 1 aromatic carbocycles. The predicted octanol–water partition coefficient (Wildman–Crippen LogP) is 3.01. The summed E-state index contributed by atoms with van der Waals surface area (Å²) in [5, 5.41) is 12.0. The zero-order chi connectivity index (χ0) is 19.4. The molecule has 1 saturated heterocycles. The van der Waals surface area contributed by atoms with E-state index in [1.54, 1.807) is 6.07 Å². The molecule has 27 heavy (non-hydrogen) atoms. The second-order valence-corrected chi connectivity index (χ2v) is 8.48. The van der Waals surface area contributed by atoms with Crippen LogP contribution in [0, 0.1) is 18.8 Å². The van der Waals surface area contributed by atoms with Crippen LogP contribution in [0.1, 0.15) is 41.6 Å². The van der Waals surface area contributed by atoms with Gasteiger partial charge in [0.15, 0.2) is 0 Å². The first kappa shape index (κ1) is 19.7. The minimum Gasteiger partial charge on any atom is -0.481 e.